The zero-order valence-electron chi connectivity index (χ0n) is 11.4. The van der Waals surface area contributed by atoms with E-state index in [4.69, 9.17) is 5.73 Å². The van der Waals surface area contributed by atoms with Gasteiger partial charge in [-0.15, -0.1) is 0 Å². The number of hydrogen-bond acceptors (Lipinski definition) is 4. The van der Waals surface area contributed by atoms with Gasteiger partial charge in [-0.25, -0.2) is 4.98 Å². The van der Waals surface area contributed by atoms with Crippen molar-refractivity contribution in [3.63, 3.8) is 0 Å². The molecule has 4 nitrogen and oxygen atoms in total. The minimum Gasteiger partial charge on any atom is -0.396 e. The molecule has 1 saturated heterocycles. The first-order valence-electron chi connectivity index (χ1n) is 6.87. The van der Waals surface area contributed by atoms with E-state index in [0.717, 1.165) is 23.6 Å². The van der Waals surface area contributed by atoms with Crippen LogP contribution in [0, 0.1) is 6.92 Å². The van der Waals surface area contributed by atoms with E-state index in [2.05, 4.69) is 22.1 Å². The highest BCUT2D eigenvalue weighted by Crippen LogP contribution is 2.19. The van der Waals surface area contributed by atoms with E-state index < -0.39 is 0 Å². The van der Waals surface area contributed by atoms with Gasteiger partial charge in [0.15, 0.2) is 0 Å². The van der Waals surface area contributed by atoms with Crippen LogP contribution in [0.3, 0.4) is 0 Å². The number of aryl methyl sites for hydroxylation is 1. The first kappa shape index (κ1) is 13.1. The number of nitrogens with two attached hydrogens (primary N) is 1. The van der Waals surface area contributed by atoms with Crippen LogP contribution in [-0.2, 0) is 0 Å². The molecule has 1 unspecified atom stereocenters. The Balaban J connectivity index is 1.90. The fourth-order valence-electron chi connectivity index (χ4n) is 2.49. The summed E-state index contributed by atoms with van der Waals surface area (Å²) < 4.78 is 0. The Morgan fingerprint density at radius 1 is 1.39 bits per heavy atom. The topological polar surface area (TPSA) is 54.2 Å². The molecule has 0 aromatic carbocycles. The lowest BCUT2D eigenvalue weighted by molar-refractivity contribution is 0.223. The summed E-state index contributed by atoms with van der Waals surface area (Å²) in [5, 5.41) is 3.42. The maximum Gasteiger partial charge on any atom is 0.149 e. The highest BCUT2D eigenvalue weighted by atomic mass is 15.2. The lowest BCUT2D eigenvalue weighted by atomic mass is 10.1. The Bertz CT molecular complexity index is 385. The van der Waals surface area contributed by atoms with Crippen LogP contribution in [0.25, 0.3) is 0 Å². The van der Waals surface area contributed by atoms with Crippen LogP contribution in [0.4, 0.5) is 11.5 Å². The van der Waals surface area contributed by atoms with Gasteiger partial charge in [-0.05, 0) is 51.4 Å². The van der Waals surface area contributed by atoms with Crippen molar-refractivity contribution in [2.45, 2.75) is 39.2 Å². The molecule has 1 aromatic heterocycles. The zero-order valence-corrected chi connectivity index (χ0v) is 11.4. The van der Waals surface area contributed by atoms with E-state index in [9.17, 15) is 0 Å². The summed E-state index contributed by atoms with van der Waals surface area (Å²) >= 11 is 0. The molecule has 100 valence electrons. The molecule has 0 spiro atoms. The van der Waals surface area contributed by atoms with Gasteiger partial charge in [0.05, 0.1) is 5.69 Å². The number of nitrogen functional groups attached to an aromatic ring is 1. The number of piperidine rings is 1. The second-order valence-electron chi connectivity index (χ2n) is 5.30. The zero-order chi connectivity index (χ0) is 13.0. The van der Waals surface area contributed by atoms with Crippen molar-refractivity contribution < 1.29 is 0 Å². The standard InChI is InChI=1S/C14H24N4/c1-11-6-7-16-14(13(11)15)17-12(2)10-18-8-4-3-5-9-18/h6-7,12H,3-5,8-10,15H2,1-2H3,(H,16,17). The second-order valence-corrected chi connectivity index (χ2v) is 5.30. The van der Waals surface area contributed by atoms with Crippen molar-refractivity contribution in [2.24, 2.45) is 0 Å². The molecule has 0 radical (unpaired) electrons. The second kappa shape index (κ2) is 6.05. The van der Waals surface area contributed by atoms with Gasteiger partial charge < -0.3 is 16.0 Å². The van der Waals surface area contributed by atoms with Crippen LogP contribution in [0.15, 0.2) is 12.3 Å². The molecular formula is C14H24N4. The van der Waals surface area contributed by atoms with Crippen molar-refractivity contribution in [3.05, 3.63) is 17.8 Å². The van der Waals surface area contributed by atoms with Gasteiger partial charge in [0.2, 0.25) is 0 Å². The molecule has 18 heavy (non-hydrogen) atoms. The number of pyridine rings is 1. The number of nitrogens with one attached hydrogen (secondary N) is 1. The number of nitrogens with zero attached hydrogens (tertiary/aromatic N) is 2. The lowest BCUT2D eigenvalue weighted by Crippen LogP contribution is -2.38. The monoisotopic (exact) mass is 248 g/mol. The Morgan fingerprint density at radius 2 is 2.11 bits per heavy atom. The number of likely N-dealkylation sites (tertiary alicyclic amines) is 1. The van der Waals surface area contributed by atoms with Crippen molar-refractivity contribution >= 4 is 11.5 Å². The average molecular weight is 248 g/mol. The Hall–Kier alpha value is -1.29. The van der Waals surface area contributed by atoms with Crippen LogP contribution < -0.4 is 11.1 Å². The molecule has 0 saturated carbocycles. The van der Waals surface area contributed by atoms with Crippen LogP contribution in [0.1, 0.15) is 31.7 Å². The molecule has 1 atom stereocenters. The summed E-state index contributed by atoms with van der Waals surface area (Å²) in [6.07, 6.45) is 5.85. The van der Waals surface area contributed by atoms with Crippen LogP contribution in [0.5, 0.6) is 0 Å². The Morgan fingerprint density at radius 3 is 2.83 bits per heavy atom. The van der Waals surface area contributed by atoms with E-state index >= 15 is 0 Å². The minimum atomic E-state index is 0.375. The first-order chi connectivity index (χ1) is 8.66. The van der Waals surface area contributed by atoms with E-state index in [1.807, 2.05) is 19.2 Å². The summed E-state index contributed by atoms with van der Waals surface area (Å²) in [6.45, 7) is 7.72. The van der Waals surface area contributed by atoms with Crippen LogP contribution in [0.2, 0.25) is 0 Å². The van der Waals surface area contributed by atoms with E-state index in [-0.39, 0.29) is 0 Å². The molecule has 3 N–H and O–H groups in total. The van der Waals surface area contributed by atoms with Gasteiger partial charge in [-0.3, -0.25) is 0 Å². The first-order valence-corrected chi connectivity index (χ1v) is 6.87. The molecule has 1 fully saturated rings. The van der Waals surface area contributed by atoms with Crippen molar-refractivity contribution in [1.29, 1.82) is 0 Å². The molecule has 2 rings (SSSR count). The highest BCUT2D eigenvalue weighted by Gasteiger charge is 2.14. The summed E-state index contributed by atoms with van der Waals surface area (Å²) in [4.78, 5) is 6.84. The number of hydrogen-bond donors (Lipinski definition) is 2. The number of aromatic nitrogens is 1. The number of rotatable bonds is 4. The van der Waals surface area contributed by atoms with E-state index in [1.54, 1.807) is 0 Å². The van der Waals surface area contributed by atoms with Gasteiger partial charge in [0.25, 0.3) is 0 Å². The molecule has 1 aromatic rings. The highest BCUT2D eigenvalue weighted by molar-refractivity contribution is 5.65. The fraction of sp³-hybridized carbons (Fsp3) is 0.643. The van der Waals surface area contributed by atoms with Crippen molar-refractivity contribution in [1.82, 2.24) is 9.88 Å². The maximum atomic E-state index is 6.03. The predicted octanol–water partition coefficient (Wildman–Crippen LogP) is 2.26. The molecule has 4 heteroatoms. The van der Waals surface area contributed by atoms with Crippen LogP contribution >= 0.6 is 0 Å². The van der Waals surface area contributed by atoms with Gasteiger partial charge in [0.1, 0.15) is 5.82 Å². The quantitative estimate of drug-likeness (QED) is 0.858. The SMILES string of the molecule is Cc1ccnc(NC(C)CN2CCCCC2)c1N. The van der Waals surface area contributed by atoms with Crippen molar-refractivity contribution in [2.75, 3.05) is 30.7 Å². The molecule has 0 aliphatic carbocycles. The lowest BCUT2D eigenvalue weighted by Gasteiger charge is -2.29. The van der Waals surface area contributed by atoms with Crippen LogP contribution in [-0.4, -0.2) is 35.6 Å². The molecule has 0 amide bonds. The summed E-state index contributed by atoms with van der Waals surface area (Å²) in [5.74, 6) is 0.819. The van der Waals surface area contributed by atoms with Gasteiger partial charge in [-0.1, -0.05) is 6.42 Å². The normalized spacial score (nSPS) is 18.6. The smallest absolute Gasteiger partial charge is 0.149 e. The van der Waals surface area contributed by atoms with Gasteiger partial charge >= 0.3 is 0 Å². The summed E-state index contributed by atoms with van der Waals surface area (Å²) in [7, 11) is 0. The third kappa shape index (κ3) is 3.35. The van der Waals surface area contributed by atoms with E-state index in [0.29, 0.717) is 6.04 Å². The predicted molar refractivity (Wildman–Crippen MR) is 76.8 cm³/mol. The third-order valence-electron chi connectivity index (χ3n) is 3.57. The fourth-order valence-corrected chi connectivity index (χ4v) is 2.49. The Kier molecular flexibility index (Phi) is 4.42. The largest absolute Gasteiger partial charge is 0.396 e. The van der Waals surface area contributed by atoms with Gasteiger partial charge in [-0.2, -0.15) is 0 Å². The molecular weight excluding hydrogens is 224 g/mol. The Labute approximate surface area is 110 Å². The number of anilines is 2. The summed E-state index contributed by atoms with van der Waals surface area (Å²) in [6, 6.07) is 2.32. The average Bonchev–Trinajstić information content (AvgIpc) is 2.36. The van der Waals surface area contributed by atoms with Crippen molar-refractivity contribution in [3.8, 4) is 0 Å². The molecule has 2 heterocycles. The summed E-state index contributed by atoms with van der Waals surface area (Å²) in [5.41, 5.74) is 7.87. The molecule has 1 aliphatic rings. The maximum absolute atomic E-state index is 6.03. The third-order valence-corrected chi connectivity index (χ3v) is 3.57. The minimum absolute atomic E-state index is 0.375. The molecule has 0 bridgehead atoms. The van der Waals surface area contributed by atoms with E-state index in [1.165, 1.54) is 32.4 Å². The molecule has 1 aliphatic heterocycles. The van der Waals surface area contributed by atoms with Gasteiger partial charge in [0, 0.05) is 18.8 Å².